The number of furan rings is 1. The first-order valence-electron chi connectivity index (χ1n) is 8.10. The summed E-state index contributed by atoms with van der Waals surface area (Å²) in [4.78, 5) is 14.3. The molecule has 4 nitrogen and oxygen atoms in total. The Morgan fingerprint density at radius 3 is 2.48 bits per heavy atom. The molecule has 23 heavy (non-hydrogen) atoms. The lowest BCUT2D eigenvalue weighted by Crippen LogP contribution is -2.29. The first kappa shape index (κ1) is 16.1. The zero-order valence-corrected chi connectivity index (χ0v) is 14.6. The molecule has 0 spiro atoms. The average Bonchev–Trinajstić information content (AvgIpc) is 3.03. The molecule has 1 saturated heterocycles. The number of amides is 1. The molecule has 2 heterocycles. The molecular weight excluding hydrogens is 356 g/mol. The van der Waals surface area contributed by atoms with E-state index in [0.717, 1.165) is 19.5 Å². The van der Waals surface area contributed by atoms with Crippen molar-refractivity contribution in [2.45, 2.75) is 25.7 Å². The van der Waals surface area contributed by atoms with E-state index in [4.69, 9.17) is 4.42 Å². The summed E-state index contributed by atoms with van der Waals surface area (Å²) in [5.41, 5.74) is 2.53. The summed E-state index contributed by atoms with van der Waals surface area (Å²) in [5, 5.41) is 2.87. The number of benzene rings is 1. The monoisotopic (exact) mass is 376 g/mol. The van der Waals surface area contributed by atoms with Gasteiger partial charge in [-0.1, -0.05) is 12.1 Å². The normalized spacial score (nSPS) is 14.7. The molecule has 3 rings (SSSR count). The summed E-state index contributed by atoms with van der Waals surface area (Å²) < 4.78 is 5.80. The molecule has 1 aliphatic rings. The maximum atomic E-state index is 11.9. The number of halogens is 1. The van der Waals surface area contributed by atoms with Crippen LogP contribution in [-0.2, 0) is 6.42 Å². The molecule has 0 atom stereocenters. The second kappa shape index (κ2) is 7.68. The van der Waals surface area contributed by atoms with E-state index in [2.05, 4.69) is 50.4 Å². The van der Waals surface area contributed by atoms with Crippen molar-refractivity contribution in [3.63, 3.8) is 0 Å². The van der Waals surface area contributed by atoms with Gasteiger partial charge in [0.2, 0.25) is 0 Å². The van der Waals surface area contributed by atoms with Gasteiger partial charge in [0.1, 0.15) is 0 Å². The van der Waals surface area contributed by atoms with Gasteiger partial charge in [-0.25, -0.2) is 0 Å². The van der Waals surface area contributed by atoms with Crippen LogP contribution in [0.15, 0.2) is 45.5 Å². The largest absolute Gasteiger partial charge is 0.444 e. The van der Waals surface area contributed by atoms with Crippen molar-refractivity contribution < 1.29 is 9.21 Å². The van der Waals surface area contributed by atoms with Crippen molar-refractivity contribution >= 4 is 27.5 Å². The number of piperidine rings is 1. The van der Waals surface area contributed by atoms with Crippen molar-refractivity contribution in [1.29, 1.82) is 0 Å². The number of anilines is 1. The molecule has 0 unspecified atom stereocenters. The minimum absolute atomic E-state index is 0.180. The quantitative estimate of drug-likeness (QED) is 0.857. The lowest BCUT2D eigenvalue weighted by molar-refractivity contribution is 0.0925. The van der Waals surface area contributed by atoms with E-state index in [-0.39, 0.29) is 5.91 Å². The number of carbonyl (C=O) groups is 1. The number of hydrogen-bond acceptors (Lipinski definition) is 3. The van der Waals surface area contributed by atoms with Crippen molar-refractivity contribution in [1.82, 2.24) is 5.32 Å². The summed E-state index contributed by atoms with van der Waals surface area (Å²) in [6, 6.07) is 12.1. The van der Waals surface area contributed by atoms with Gasteiger partial charge in [0.05, 0.1) is 0 Å². The van der Waals surface area contributed by atoms with E-state index in [0.29, 0.717) is 17.0 Å². The average molecular weight is 377 g/mol. The van der Waals surface area contributed by atoms with Gasteiger partial charge in [0, 0.05) is 25.3 Å². The first-order chi connectivity index (χ1) is 11.2. The van der Waals surface area contributed by atoms with Crippen LogP contribution in [0.4, 0.5) is 5.69 Å². The van der Waals surface area contributed by atoms with Crippen LogP contribution in [0.1, 0.15) is 35.4 Å². The Morgan fingerprint density at radius 2 is 1.83 bits per heavy atom. The highest BCUT2D eigenvalue weighted by atomic mass is 79.9. The highest BCUT2D eigenvalue weighted by Gasteiger charge is 2.11. The van der Waals surface area contributed by atoms with Crippen LogP contribution >= 0.6 is 15.9 Å². The van der Waals surface area contributed by atoms with E-state index >= 15 is 0 Å². The van der Waals surface area contributed by atoms with Gasteiger partial charge in [-0.2, -0.15) is 0 Å². The van der Waals surface area contributed by atoms with Crippen molar-refractivity contribution in [3.8, 4) is 0 Å². The molecule has 1 fully saturated rings. The molecule has 1 amide bonds. The predicted octanol–water partition coefficient (Wildman–Crippen LogP) is 4.00. The molecule has 1 aromatic carbocycles. The predicted molar refractivity (Wildman–Crippen MR) is 95.0 cm³/mol. The molecule has 5 heteroatoms. The molecule has 122 valence electrons. The highest BCUT2D eigenvalue weighted by Crippen LogP contribution is 2.20. The van der Waals surface area contributed by atoms with E-state index in [1.54, 1.807) is 12.1 Å². The van der Waals surface area contributed by atoms with Crippen molar-refractivity contribution in [3.05, 3.63) is 52.4 Å². The minimum atomic E-state index is -0.180. The van der Waals surface area contributed by atoms with Crippen LogP contribution in [-0.4, -0.2) is 25.5 Å². The van der Waals surface area contributed by atoms with Crippen LogP contribution in [0.5, 0.6) is 0 Å². The molecule has 0 radical (unpaired) electrons. The third kappa shape index (κ3) is 4.38. The van der Waals surface area contributed by atoms with E-state index in [9.17, 15) is 4.79 Å². The van der Waals surface area contributed by atoms with Gasteiger partial charge in [0.25, 0.3) is 5.91 Å². The fraction of sp³-hybridized carbons (Fsp3) is 0.389. The Kier molecular flexibility index (Phi) is 5.39. The van der Waals surface area contributed by atoms with E-state index in [1.807, 2.05) is 0 Å². The number of hydrogen-bond donors (Lipinski definition) is 1. The van der Waals surface area contributed by atoms with Crippen LogP contribution in [0, 0.1) is 0 Å². The molecule has 2 aromatic rings. The summed E-state index contributed by atoms with van der Waals surface area (Å²) in [7, 11) is 0. The molecule has 1 aliphatic heterocycles. The van der Waals surface area contributed by atoms with Gasteiger partial charge >= 0.3 is 0 Å². The number of rotatable bonds is 5. The van der Waals surface area contributed by atoms with Crippen LogP contribution in [0.2, 0.25) is 0 Å². The molecular formula is C18H21BrN2O2. The Bertz CT molecular complexity index is 645. The first-order valence-corrected chi connectivity index (χ1v) is 8.89. The Hall–Kier alpha value is -1.75. The molecule has 0 aliphatic carbocycles. The second-order valence-corrected chi connectivity index (χ2v) is 6.61. The number of carbonyl (C=O) groups excluding carboxylic acids is 1. The molecule has 1 N–H and O–H groups in total. The number of nitrogens with zero attached hydrogens (tertiary/aromatic N) is 1. The smallest absolute Gasteiger partial charge is 0.287 e. The lowest BCUT2D eigenvalue weighted by Gasteiger charge is -2.28. The zero-order chi connectivity index (χ0) is 16.1. The fourth-order valence-corrected chi connectivity index (χ4v) is 3.18. The summed E-state index contributed by atoms with van der Waals surface area (Å²) in [6.07, 6.45) is 4.74. The molecule has 1 aromatic heterocycles. The van der Waals surface area contributed by atoms with Crippen LogP contribution < -0.4 is 10.2 Å². The number of nitrogens with one attached hydrogen (secondary N) is 1. The van der Waals surface area contributed by atoms with Crippen molar-refractivity contribution in [2.24, 2.45) is 0 Å². The maximum absolute atomic E-state index is 11.9. The van der Waals surface area contributed by atoms with E-state index < -0.39 is 0 Å². The lowest BCUT2D eigenvalue weighted by atomic mass is 10.1. The zero-order valence-electron chi connectivity index (χ0n) is 13.1. The van der Waals surface area contributed by atoms with Gasteiger partial charge in [-0.05, 0) is 71.4 Å². The summed E-state index contributed by atoms with van der Waals surface area (Å²) in [6.45, 7) is 2.92. The summed E-state index contributed by atoms with van der Waals surface area (Å²) >= 11 is 3.19. The summed E-state index contributed by atoms with van der Waals surface area (Å²) in [5.74, 6) is 0.151. The Labute approximate surface area is 145 Å². The third-order valence-corrected chi connectivity index (χ3v) is 4.58. The van der Waals surface area contributed by atoms with Crippen LogP contribution in [0.3, 0.4) is 0 Å². The van der Waals surface area contributed by atoms with Gasteiger partial charge in [-0.15, -0.1) is 0 Å². The molecule has 0 saturated carbocycles. The Balaban J connectivity index is 1.47. The molecule has 0 bridgehead atoms. The van der Waals surface area contributed by atoms with Gasteiger partial charge in [-0.3, -0.25) is 4.79 Å². The fourth-order valence-electron chi connectivity index (χ4n) is 2.87. The standard InChI is InChI=1S/C18H21BrN2O2/c19-17-9-8-16(23-17)18(22)20-11-10-14-4-6-15(7-5-14)21-12-2-1-3-13-21/h4-9H,1-3,10-13H2,(H,20,22). The third-order valence-electron chi connectivity index (χ3n) is 4.15. The Morgan fingerprint density at radius 1 is 1.09 bits per heavy atom. The minimum Gasteiger partial charge on any atom is -0.444 e. The highest BCUT2D eigenvalue weighted by molar-refractivity contribution is 9.10. The van der Waals surface area contributed by atoms with Gasteiger partial charge < -0.3 is 14.6 Å². The van der Waals surface area contributed by atoms with E-state index in [1.165, 1.54) is 30.5 Å². The van der Waals surface area contributed by atoms with Crippen LogP contribution in [0.25, 0.3) is 0 Å². The second-order valence-electron chi connectivity index (χ2n) is 5.82. The van der Waals surface area contributed by atoms with Gasteiger partial charge in [0.15, 0.2) is 10.4 Å². The topological polar surface area (TPSA) is 45.5 Å². The maximum Gasteiger partial charge on any atom is 0.287 e. The SMILES string of the molecule is O=C(NCCc1ccc(N2CCCCC2)cc1)c1ccc(Br)o1. The van der Waals surface area contributed by atoms with Crippen molar-refractivity contribution in [2.75, 3.05) is 24.5 Å².